The molecule has 0 bridgehead atoms. The molecule has 1 aliphatic rings. The summed E-state index contributed by atoms with van der Waals surface area (Å²) in [6.45, 7) is 6.81. The number of hydrogen-bond acceptors (Lipinski definition) is 1. The van der Waals surface area contributed by atoms with Gasteiger partial charge in [0.15, 0.2) is 0 Å². The van der Waals surface area contributed by atoms with E-state index in [4.69, 9.17) is 0 Å². The molecule has 1 aromatic rings. The molecule has 1 N–H and O–H groups in total. The molecular weight excluding hydrogens is 242 g/mol. The van der Waals surface area contributed by atoms with E-state index >= 15 is 0 Å². The quantitative estimate of drug-likeness (QED) is 0.709. The molecule has 0 aromatic heterocycles. The summed E-state index contributed by atoms with van der Waals surface area (Å²) in [6, 6.07) is 10.1. The average molecular weight is 273 g/mol. The lowest BCUT2D eigenvalue weighted by molar-refractivity contribution is 0.393. The Kier molecular flexibility index (Phi) is 6.09. The molecular formula is C19H31N. The van der Waals surface area contributed by atoms with Crippen LogP contribution in [0.25, 0.3) is 0 Å². The molecule has 2 rings (SSSR count). The fourth-order valence-corrected chi connectivity index (χ4v) is 3.63. The van der Waals surface area contributed by atoms with E-state index in [0.717, 1.165) is 5.92 Å². The van der Waals surface area contributed by atoms with Crippen LogP contribution in [0, 0.1) is 12.8 Å². The maximum Gasteiger partial charge on any atom is 0.0294 e. The number of benzene rings is 1. The fourth-order valence-electron chi connectivity index (χ4n) is 3.63. The van der Waals surface area contributed by atoms with E-state index < -0.39 is 0 Å². The van der Waals surface area contributed by atoms with Gasteiger partial charge in [-0.05, 0) is 44.6 Å². The summed E-state index contributed by atoms with van der Waals surface area (Å²) in [5, 5.41) is 3.86. The highest BCUT2D eigenvalue weighted by Crippen LogP contribution is 2.28. The van der Waals surface area contributed by atoms with Crippen molar-refractivity contribution in [2.24, 2.45) is 5.92 Å². The number of nitrogens with one attached hydrogen (secondary N) is 1. The molecule has 1 saturated carbocycles. The monoisotopic (exact) mass is 273 g/mol. The van der Waals surface area contributed by atoms with Crippen molar-refractivity contribution in [1.82, 2.24) is 5.32 Å². The van der Waals surface area contributed by atoms with Gasteiger partial charge in [0.25, 0.3) is 0 Å². The first kappa shape index (κ1) is 15.6. The van der Waals surface area contributed by atoms with Crippen LogP contribution >= 0.6 is 0 Å². The summed E-state index contributed by atoms with van der Waals surface area (Å²) < 4.78 is 0. The molecule has 0 heterocycles. The van der Waals surface area contributed by atoms with Gasteiger partial charge in [0, 0.05) is 12.1 Å². The third kappa shape index (κ3) is 4.63. The standard InChI is InChI=1S/C19H31N/c1-4-7-17-9-6-11-19(13-12-17)20-16(3)18-10-5-8-15(2)14-18/h5,8,10,14,16-17,19-20H,4,6-7,9,11-13H2,1-3H3/t16-,17?,19?/m0/s1. The van der Waals surface area contributed by atoms with Crippen molar-refractivity contribution in [1.29, 1.82) is 0 Å². The smallest absolute Gasteiger partial charge is 0.0294 e. The Morgan fingerprint density at radius 3 is 2.80 bits per heavy atom. The van der Waals surface area contributed by atoms with Crippen molar-refractivity contribution < 1.29 is 0 Å². The Morgan fingerprint density at radius 2 is 2.05 bits per heavy atom. The Bertz CT molecular complexity index is 399. The molecule has 1 aromatic carbocycles. The third-order valence-corrected chi connectivity index (χ3v) is 4.81. The predicted octanol–water partition coefficient (Wildman–Crippen LogP) is 5.39. The van der Waals surface area contributed by atoms with Crippen LogP contribution in [0.3, 0.4) is 0 Å². The largest absolute Gasteiger partial charge is 0.307 e. The molecule has 20 heavy (non-hydrogen) atoms. The van der Waals surface area contributed by atoms with Crippen molar-refractivity contribution in [3.63, 3.8) is 0 Å². The fraction of sp³-hybridized carbons (Fsp3) is 0.684. The highest BCUT2D eigenvalue weighted by molar-refractivity contribution is 5.24. The van der Waals surface area contributed by atoms with Crippen molar-refractivity contribution in [3.8, 4) is 0 Å². The molecule has 1 fully saturated rings. The van der Waals surface area contributed by atoms with Crippen molar-refractivity contribution in [2.75, 3.05) is 0 Å². The Labute approximate surface area is 125 Å². The van der Waals surface area contributed by atoms with Crippen LogP contribution in [0.15, 0.2) is 24.3 Å². The van der Waals surface area contributed by atoms with Crippen LogP contribution in [0.4, 0.5) is 0 Å². The van der Waals surface area contributed by atoms with E-state index in [0.29, 0.717) is 12.1 Å². The first-order chi connectivity index (χ1) is 9.69. The summed E-state index contributed by atoms with van der Waals surface area (Å²) in [6.07, 6.45) is 9.78. The normalized spacial score (nSPS) is 25.1. The Morgan fingerprint density at radius 1 is 1.20 bits per heavy atom. The lowest BCUT2D eigenvalue weighted by Gasteiger charge is -2.23. The molecule has 0 amide bonds. The van der Waals surface area contributed by atoms with Crippen LogP contribution in [-0.4, -0.2) is 6.04 Å². The summed E-state index contributed by atoms with van der Waals surface area (Å²) in [5.41, 5.74) is 2.79. The number of hydrogen-bond donors (Lipinski definition) is 1. The summed E-state index contributed by atoms with van der Waals surface area (Å²) in [7, 11) is 0. The maximum absolute atomic E-state index is 3.86. The van der Waals surface area contributed by atoms with Crippen molar-refractivity contribution >= 4 is 0 Å². The van der Waals surface area contributed by atoms with E-state index in [9.17, 15) is 0 Å². The molecule has 2 unspecified atom stereocenters. The van der Waals surface area contributed by atoms with Gasteiger partial charge in [-0.3, -0.25) is 0 Å². The molecule has 0 spiro atoms. The van der Waals surface area contributed by atoms with Gasteiger partial charge in [-0.2, -0.15) is 0 Å². The molecule has 1 aliphatic carbocycles. The number of aryl methyl sites for hydroxylation is 1. The van der Waals surface area contributed by atoms with E-state index in [-0.39, 0.29) is 0 Å². The van der Waals surface area contributed by atoms with Crippen LogP contribution in [-0.2, 0) is 0 Å². The zero-order chi connectivity index (χ0) is 14.4. The topological polar surface area (TPSA) is 12.0 Å². The first-order valence-corrected chi connectivity index (χ1v) is 8.51. The van der Waals surface area contributed by atoms with Gasteiger partial charge in [0.05, 0.1) is 0 Å². The van der Waals surface area contributed by atoms with Gasteiger partial charge in [-0.1, -0.05) is 62.4 Å². The average Bonchev–Trinajstić information content (AvgIpc) is 2.65. The SMILES string of the molecule is CCCC1CCCC(N[C@@H](C)c2cccc(C)c2)CC1. The van der Waals surface area contributed by atoms with Crippen LogP contribution in [0.1, 0.15) is 76.0 Å². The van der Waals surface area contributed by atoms with Crippen LogP contribution in [0.5, 0.6) is 0 Å². The van der Waals surface area contributed by atoms with Crippen molar-refractivity contribution in [3.05, 3.63) is 35.4 Å². The van der Waals surface area contributed by atoms with E-state index in [2.05, 4.69) is 50.4 Å². The minimum absolute atomic E-state index is 0.475. The van der Waals surface area contributed by atoms with Gasteiger partial charge < -0.3 is 5.32 Å². The minimum atomic E-state index is 0.475. The molecule has 0 radical (unpaired) electrons. The van der Waals surface area contributed by atoms with E-state index in [1.54, 1.807) is 0 Å². The summed E-state index contributed by atoms with van der Waals surface area (Å²) in [5.74, 6) is 0.987. The highest BCUT2D eigenvalue weighted by Gasteiger charge is 2.19. The second-order valence-corrected chi connectivity index (χ2v) is 6.66. The maximum atomic E-state index is 3.86. The lowest BCUT2D eigenvalue weighted by atomic mass is 9.95. The van der Waals surface area contributed by atoms with Gasteiger partial charge in [0.1, 0.15) is 0 Å². The second kappa shape index (κ2) is 7.83. The van der Waals surface area contributed by atoms with Gasteiger partial charge in [-0.25, -0.2) is 0 Å². The van der Waals surface area contributed by atoms with Gasteiger partial charge in [-0.15, -0.1) is 0 Å². The van der Waals surface area contributed by atoms with Gasteiger partial charge >= 0.3 is 0 Å². The summed E-state index contributed by atoms with van der Waals surface area (Å²) in [4.78, 5) is 0. The molecule has 0 saturated heterocycles. The summed E-state index contributed by atoms with van der Waals surface area (Å²) >= 11 is 0. The zero-order valence-electron chi connectivity index (χ0n) is 13.5. The molecule has 3 atom stereocenters. The zero-order valence-corrected chi connectivity index (χ0v) is 13.5. The number of rotatable bonds is 5. The molecule has 0 aliphatic heterocycles. The Hall–Kier alpha value is -0.820. The van der Waals surface area contributed by atoms with Crippen LogP contribution < -0.4 is 5.32 Å². The molecule has 1 nitrogen and oxygen atoms in total. The van der Waals surface area contributed by atoms with Gasteiger partial charge in [0.2, 0.25) is 0 Å². The molecule has 1 heteroatoms. The Balaban J connectivity index is 1.86. The van der Waals surface area contributed by atoms with Crippen molar-refractivity contribution in [2.45, 2.75) is 77.8 Å². The highest BCUT2D eigenvalue weighted by atomic mass is 14.9. The van der Waals surface area contributed by atoms with E-state index in [1.807, 2.05) is 0 Å². The van der Waals surface area contributed by atoms with E-state index in [1.165, 1.54) is 56.1 Å². The minimum Gasteiger partial charge on any atom is -0.307 e. The third-order valence-electron chi connectivity index (χ3n) is 4.81. The molecule has 112 valence electrons. The second-order valence-electron chi connectivity index (χ2n) is 6.66. The predicted molar refractivity (Wildman–Crippen MR) is 88.0 cm³/mol. The lowest BCUT2D eigenvalue weighted by Crippen LogP contribution is -2.31. The first-order valence-electron chi connectivity index (χ1n) is 8.51. The van der Waals surface area contributed by atoms with Crippen LogP contribution in [0.2, 0.25) is 0 Å².